The largest absolute Gasteiger partial charge is 0.368 e. The first-order chi connectivity index (χ1) is 11.4. The van der Waals surface area contributed by atoms with Crippen molar-refractivity contribution < 1.29 is 14.4 Å². The summed E-state index contributed by atoms with van der Waals surface area (Å²) in [5.41, 5.74) is 7.17. The summed E-state index contributed by atoms with van der Waals surface area (Å²) in [6, 6.07) is 9.20. The molecule has 0 radical (unpaired) electrons. The Bertz CT molecular complexity index is 599. The summed E-state index contributed by atoms with van der Waals surface area (Å²) >= 11 is 0. The van der Waals surface area contributed by atoms with Gasteiger partial charge in [-0.1, -0.05) is 36.4 Å². The van der Waals surface area contributed by atoms with E-state index >= 15 is 0 Å². The Labute approximate surface area is 141 Å². The fraction of sp³-hybridized carbons (Fsp3) is 0.353. The maximum atomic E-state index is 11.7. The van der Waals surface area contributed by atoms with E-state index in [9.17, 15) is 14.4 Å². The summed E-state index contributed by atoms with van der Waals surface area (Å²) in [6.45, 7) is 3.92. The lowest BCUT2D eigenvalue weighted by molar-refractivity contribution is -0.129. The van der Waals surface area contributed by atoms with Gasteiger partial charge in [0.1, 0.15) is 6.04 Å². The zero-order chi connectivity index (χ0) is 17.9. The van der Waals surface area contributed by atoms with E-state index in [1.54, 1.807) is 0 Å². The minimum absolute atomic E-state index is 0.0893. The quantitative estimate of drug-likeness (QED) is 0.468. The summed E-state index contributed by atoms with van der Waals surface area (Å²) in [5, 5.41) is 7.85. The van der Waals surface area contributed by atoms with Crippen molar-refractivity contribution in [3.05, 3.63) is 42.0 Å². The second-order valence-electron chi connectivity index (χ2n) is 5.36. The van der Waals surface area contributed by atoms with Crippen LogP contribution in [0.4, 0.5) is 0 Å². The summed E-state index contributed by atoms with van der Waals surface area (Å²) in [7, 11) is 0. The molecule has 0 aliphatic heterocycles. The van der Waals surface area contributed by atoms with Crippen LogP contribution in [0.3, 0.4) is 0 Å². The highest BCUT2D eigenvalue weighted by Crippen LogP contribution is 2.11. The first kappa shape index (κ1) is 19.4. The van der Waals surface area contributed by atoms with Gasteiger partial charge in [-0.25, -0.2) is 0 Å². The van der Waals surface area contributed by atoms with Gasteiger partial charge in [0.25, 0.3) is 0 Å². The fourth-order valence-electron chi connectivity index (χ4n) is 1.92. The Morgan fingerprint density at radius 2 is 1.83 bits per heavy atom. The van der Waals surface area contributed by atoms with E-state index in [0.717, 1.165) is 11.1 Å². The van der Waals surface area contributed by atoms with E-state index in [1.165, 1.54) is 6.92 Å². The van der Waals surface area contributed by atoms with Gasteiger partial charge in [-0.3, -0.25) is 14.4 Å². The lowest BCUT2D eigenvalue weighted by Crippen LogP contribution is -2.48. The summed E-state index contributed by atoms with van der Waals surface area (Å²) in [5.74, 6) is -1.39. The van der Waals surface area contributed by atoms with Crippen LogP contribution in [0.5, 0.6) is 0 Å². The van der Waals surface area contributed by atoms with Crippen molar-refractivity contribution in [3.63, 3.8) is 0 Å². The molecule has 1 aromatic carbocycles. The Kier molecular flexibility index (Phi) is 8.21. The van der Waals surface area contributed by atoms with Crippen molar-refractivity contribution in [2.24, 2.45) is 5.73 Å². The van der Waals surface area contributed by atoms with Crippen molar-refractivity contribution in [2.45, 2.75) is 19.9 Å². The van der Waals surface area contributed by atoms with Crippen molar-refractivity contribution in [1.29, 1.82) is 0 Å². The molecular formula is C17H24N4O3. The van der Waals surface area contributed by atoms with Crippen molar-refractivity contribution in [2.75, 3.05) is 19.6 Å². The molecule has 0 spiro atoms. The summed E-state index contributed by atoms with van der Waals surface area (Å²) < 4.78 is 0. The molecule has 0 aliphatic carbocycles. The molecule has 1 rings (SSSR count). The number of hydrogen-bond acceptors (Lipinski definition) is 4. The van der Waals surface area contributed by atoms with Gasteiger partial charge in [0.05, 0.1) is 13.1 Å². The molecule has 0 unspecified atom stereocenters. The van der Waals surface area contributed by atoms with Crippen LogP contribution in [-0.2, 0) is 14.4 Å². The minimum atomic E-state index is -0.736. The van der Waals surface area contributed by atoms with Gasteiger partial charge >= 0.3 is 0 Å². The third-order valence-corrected chi connectivity index (χ3v) is 3.27. The Balaban J connectivity index is 2.28. The number of allylic oxidation sites excluding steroid dienone is 1. The number of amides is 3. The summed E-state index contributed by atoms with van der Waals surface area (Å²) in [4.78, 5) is 33.9. The first-order valence-electron chi connectivity index (χ1n) is 7.68. The third-order valence-electron chi connectivity index (χ3n) is 3.27. The van der Waals surface area contributed by atoms with Crippen molar-refractivity contribution in [3.8, 4) is 0 Å². The molecule has 0 saturated carbocycles. The highest BCUT2D eigenvalue weighted by Gasteiger charge is 2.15. The van der Waals surface area contributed by atoms with Gasteiger partial charge < -0.3 is 21.7 Å². The van der Waals surface area contributed by atoms with Crippen molar-refractivity contribution in [1.82, 2.24) is 16.0 Å². The number of carbonyl (C=O) groups excluding carboxylic acids is 3. The summed E-state index contributed by atoms with van der Waals surface area (Å²) in [6.07, 6.45) is 1.99. The van der Waals surface area contributed by atoms with Crippen molar-refractivity contribution >= 4 is 23.3 Å². The molecule has 7 nitrogen and oxygen atoms in total. The minimum Gasteiger partial charge on any atom is -0.368 e. The standard InChI is InChI=1S/C17H24N4O3/c1-12(14-6-4-3-5-7-14)8-9-19-11-16(23)21-13(2)17(24)20-10-15(18)22/h3-8,13,19H,9-11H2,1-2H3,(H2,18,22)(H,20,24)(H,21,23)/b12-8+/t13-/m0/s1. The molecule has 0 heterocycles. The Hall–Kier alpha value is -2.67. The van der Waals surface area contributed by atoms with E-state index in [2.05, 4.69) is 16.0 Å². The van der Waals surface area contributed by atoms with E-state index in [-0.39, 0.29) is 19.0 Å². The van der Waals surface area contributed by atoms with Gasteiger partial charge in [0, 0.05) is 6.54 Å². The van der Waals surface area contributed by atoms with Crippen LogP contribution >= 0.6 is 0 Å². The fourth-order valence-corrected chi connectivity index (χ4v) is 1.92. The van der Waals surface area contributed by atoms with Crippen LogP contribution < -0.4 is 21.7 Å². The lowest BCUT2D eigenvalue weighted by Gasteiger charge is -2.13. The maximum Gasteiger partial charge on any atom is 0.242 e. The van der Waals surface area contributed by atoms with Crippen LogP contribution in [0.25, 0.3) is 5.57 Å². The van der Waals surface area contributed by atoms with Gasteiger partial charge in [0.15, 0.2) is 0 Å². The first-order valence-corrected chi connectivity index (χ1v) is 7.68. The van der Waals surface area contributed by atoms with E-state index in [1.807, 2.05) is 43.3 Å². The average molecular weight is 332 g/mol. The topological polar surface area (TPSA) is 113 Å². The lowest BCUT2D eigenvalue weighted by atomic mass is 10.1. The molecule has 24 heavy (non-hydrogen) atoms. The molecule has 1 aromatic rings. The molecule has 0 fully saturated rings. The van der Waals surface area contributed by atoms with E-state index in [4.69, 9.17) is 5.73 Å². The highest BCUT2D eigenvalue weighted by atomic mass is 16.2. The molecule has 1 atom stereocenters. The zero-order valence-electron chi connectivity index (χ0n) is 14.0. The molecule has 0 saturated heterocycles. The molecule has 5 N–H and O–H groups in total. The number of benzene rings is 1. The SMILES string of the molecule is C/C(=C\CNCC(=O)N[C@@H](C)C(=O)NCC(N)=O)c1ccccc1. The maximum absolute atomic E-state index is 11.7. The van der Waals surface area contributed by atoms with Crippen LogP contribution in [-0.4, -0.2) is 43.4 Å². The Morgan fingerprint density at radius 3 is 2.46 bits per heavy atom. The number of nitrogens with one attached hydrogen (secondary N) is 3. The molecular weight excluding hydrogens is 308 g/mol. The number of rotatable bonds is 9. The van der Waals surface area contributed by atoms with Gasteiger partial charge in [0.2, 0.25) is 17.7 Å². The van der Waals surface area contributed by atoms with Gasteiger partial charge in [-0.2, -0.15) is 0 Å². The molecule has 7 heteroatoms. The number of primary amides is 1. The van der Waals surface area contributed by atoms with Crippen LogP contribution in [0.15, 0.2) is 36.4 Å². The second kappa shape index (κ2) is 10.2. The Morgan fingerprint density at radius 1 is 1.17 bits per heavy atom. The molecule has 3 amide bonds. The second-order valence-corrected chi connectivity index (χ2v) is 5.36. The third kappa shape index (κ3) is 7.55. The van der Waals surface area contributed by atoms with Gasteiger partial charge in [-0.15, -0.1) is 0 Å². The number of nitrogens with two attached hydrogens (primary N) is 1. The number of carbonyl (C=O) groups is 3. The van der Waals surface area contributed by atoms with Crippen LogP contribution in [0.2, 0.25) is 0 Å². The van der Waals surface area contributed by atoms with Crippen LogP contribution in [0.1, 0.15) is 19.4 Å². The molecule has 0 aliphatic rings. The number of hydrogen-bond donors (Lipinski definition) is 4. The predicted octanol–water partition coefficient (Wildman–Crippen LogP) is -0.214. The zero-order valence-corrected chi connectivity index (χ0v) is 14.0. The average Bonchev–Trinajstić information content (AvgIpc) is 2.56. The molecule has 0 bridgehead atoms. The predicted molar refractivity (Wildman–Crippen MR) is 92.8 cm³/mol. The van der Waals surface area contributed by atoms with Gasteiger partial charge in [-0.05, 0) is 25.0 Å². The van der Waals surface area contributed by atoms with Crippen LogP contribution in [0, 0.1) is 0 Å². The normalized spacial score (nSPS) is 12.3. The highest BCUT2D eigenvalue weighted by molar-refractivity contribution is 5.90. The monoisotopic (exact) mass is 332 g/mol. The molecule has 0 aromatic heterocycles. The van der Waals surface area contributed by atoms with E-state index in [0.29, 0.717) is 6.54 Å². The molecule has 130 valence electrons. The smallest absolute Gasteiger partial charge is 0.242 e. The van der Waals surface area contributed by atoms with E-state index < -0.39 is 17.9 Å².